The fourth-order valence-corrected chi connectivity index (χ4v) is 6.28. The molecule has 1 fully saturated rings. The van der Waals surface area contributed by atoms with Gasteiger partial charge >= 0.3 is 0 Å². The molecule has 0 unspecified atom stereocenters. The number of para-hydroxylation sites is 1. The second kappa shape index (κ2) is 11.6. The second-order valence-corrected chi connectivity index (χ2v) is 11.3. The molecular weight excluding hydrogens is 483 g/mol. The van der Waals surface area contributed by atoms with E-state index in [1.54, 1.807) is 18.2 Å². The van der Waals surface area contributed by atoms with Gasteiger partial charge in [-0.15, -0.1) is 0 Å². The number of amides is 1. The standard InChI is InChI=1S/C24H30Cl2N2O4S/c1-17(2)19-8-3-4-11-23(19)32-14-12-27-24(29)18-7-6-13-28(15-18)33(30,31)16-20-21(25)9-5-10-22(20)26/h3-5,8-11,17-18H,6-7,12-16H2,1-2H3,(H,27,29)/t18-/m1/s1. The topological polar surface area (TPSA) is 75.7 Å². The quantitative estimate of drug-likeness (QED) is 0.487. The number of hydrogen-bond acceptors (Lipinski definition) is 4. The first-order valence-corrected chi connectivity index (χ1v) is 13.5. The predicted molar refractivity (Wildman–Crippen MR) is 132 cm³/mol. The summed E-state index contributed by atoms with van der Waals surface area (Å²) in [6.07, 6.45) is 1.26. The van der Waals surface area contributed by atoms with Gasteiger partial charge in [0, 0.05) is 28.7 Å². The van der Waals surface area contributed by atoms with Crippen molar-refractivity contribution < 1.29 is 17.9 Å². The molecular formula is C24H30Cl2N2O4S. The lowest BCUT2D eigenvalue weighted by molar-refractivity contribution is -0.126. The number of benzene rings is 2. The highest BCUT2D eigenvalue weighted by Gasteiger charge is 2.33. The average molecular weight is 513 g/mol. The Morgan fingerprint density at radius 2 is 1.85 bits per heavy atom. The minimum Gasteiger partial charge on any atom is -0.491 e. The summed E-state index contributed by atoms with van der Waals surface area (Å²) in [5.74, 6) is 0.300. The van der Waals surface area contributed by atoms with Gasteiger partial charge < -0.3 is 10.1 Å². The summed E-state index contributed by atoms with van der Waals surface area (Å²) in [7, 11) is -3.66. The monoisotopic (exact) mass is 512 g/mol. The molecule has 3 rings (SSSR count). The lowest BCUT2D eigenvalue weighted by Crippen LogP contribution is -2.46. The molecule has 6 nitrogen and oxygen atoms in total. The number of halogens is 2. The van der Waals surface area contributed by atoms with E-state index in [4.69, 9.17) is 27.9 Å². The van der Waals surface area contributed by atoms with Crippen LogP contribution in [-0.4, -0.2) is 44.9 Å². The third-order valence-electron chi connectivity index (χ3n) is 5.74. The van der Waals surface area contributed by atoms with Crippen molar-refractivity contribution in [1.82, 2.24) is 9.62 Å². The molecule has 1 aliphatic rings. The summed E-state index contributed by atoms with van der Waals surface area (Å²) in [6.45, 7) is 5.43. The summed E-state index contributed by atoms with van der Waals surface area (Å²) in [5, 5.41) is 3.52. The van der Waals surface area contributed by atoms with Gasteiger partial charge in [-0.25, -0.2) is 12.7 Å². The van der Waals surface area contributed by atoms with Crippen molar-refractivity contribution >= 4 is 39.1 Å². The van der Waals surface area contributed by atoms with E-state index in [0.29, 0.717) is 54.1 Å². The molecule has 0 bridgehead atoms. The number of nitrogens with zero attached hydrogens (tertiary/aromatic N) is 1. The van der Waals surface area contributed by atoms with Crippen LogP contribution in [0.4, 0.5) is 0 Å². The molecule has 2 aromatic carbocycles. The average Bonchev–Trinajstić information content (AvgIpc) is 2.79. The van der Waals surface area contributed by atoms with Crippen LogP contribution in [0.1, 0.15) is 43.7 Å². The first-order chi connectivity index (χ1) is 15.7. The van der Waals surface area contributed by atoms with Gasteiger partial charge in [0.2, 0.25) is 15.9 Å². The normalized spacial score (nSPS) is 17.2. The summed E-state index contributed by atoms with van der Waals surface area (Å²) >= 11 is 12.3. The van der Waals surface area contributed by atoms with Crippen LogP contribution in [0.5, 0.6) is 5.75 Å². The van der Waals surface area contributed by atoms with Crippen molar-refractivity contribution in [2.24, 2.45) is 5.92 Å². The molecule has 1 saturated heterocycles. The van der Waals surface area contributed by atoms with Gasteiger partial charge in [0.15, 0.2) is 0 Å². The second-order valence-electron chi connectivity index (χ2n) is 8.49. The Bertz CT molecular complexity index is 1060. The molecule has 1 heterocycles. The van der Waals surface area contributed by atoms with Crippen molar-refractivity contribution in [3.05, 3.63) is 63.6 Å². The SMILES string of the molecule is CC(C)c1ccccc1OCCNC(=O)[C@@H]1CCCN(S(=O)(=O)Cc2c(Cl)cccc2Cl)C1. The van der Waals surface area contributed by atoms with E-state index >= 15 is 0 Å². The Kier molecular flexibility index (Phi) is 9.04. The molecule has 180 valence electrons. The maximum atomic E-state index is 13.0. The van der Waals surface area contributed by atoms with Crippen LogP contribution < -0.4 is 10.1 Å². The first kappa shape index (κ1) is 25.8. The predicted octanol–water partition coefficient (Wildman–Crippen LogP) is 4.85. The first-order valence-electron chi connectivity index (χ1n) is 11.1. The fraction of sp³-hybridized carbons (Fsp3) is 0.458. The van der Waals surface area contributed by atoms with E-state index in [1.165, 1.54) is 4.31 Å². The number of sulfonamides is 1. The van der Waals surface area contributed by atoms with Crippen LogP contribution in [0, 0.1) is 5.92 Å². The third kappa shape index (κ3) is 6.85. The van der Waals surface area contributed by atoms with Gasteiger partial charge in [-0.2, -0.15) is 0 Å². The van der Waals surface area contributed by atoms with Gasteiger partial charge in [-0.1, -0.05) is 61.3 Å². The molecule has 1 N–H and O–H groups in total. The molecule has 0 radical (unpaired) electrons. The Labute approximate surface area is 206 Å². The fourth-order valence-electron chi connectivity index (χ4n) is 3.92. The van der Waals surface area contributed by atoms with Crippen molar-refractivity contribution in [3.63, 3.8) is 0 Å². The largest absolute Gasteiger partial charge is 0.491 e. The van der Waals surface area contributed by atoms with Crippen molar-refractivity contribution in [2.75, 3.05) is 26.2 Å². The maximum Gasteiger partial charge on any atom is 0.224 e. The Hall–Kier alpha value is -1.80. The third-order valence-corrected chi connectivity index (χ3v) is 8.22. The lowest BCUT2D eigenvalue weighted by Gasteiger charge is -2.31. The van der Waals surface area contributed by atoms with Crippen LogP contribution in [0.2, 0.25) is 10.0 Å². The molecule has 1 amide bonds. The lowest BCUT2D eigenvalue weighted by atomic mass is 9.99. The van der Waals surface area contributed by atoms with Gasteiger partial charge in [0.25, 0.3) is 0 Å². The minimum atomic E-state index is -3.66. The smallest absolute Gasteiger partial charge is 0.224 e. The van der Waals surface area contributed by atoms with Gasteiger partial charge in [-0.3, -0.25) is 4.79 Å². The zero-order valence-corrected chi connectivity index (χ0v) is 21.2. The number of rotatable bonds is 9. The van der Waals surface area contributed by atoms with Crippen LogP contribution >= 0.6 is 23.2 Å². The number of carbonyl (C=O) groups is 1. The molecule has 0 saturated carbocycles. The number of piperidine rings is 1. The summed E-state index contributed by atoms with van der Waals surface area (Å²) in [4.78, 5) is 12.7. The minimum absolute atomic E-state index is 0.146. The van der Waals surface area contributed by atoms with E-state index in [2.05, 4.69) is 19.2 Å². The highest BCUT2D eigenvalue weighted by Crippen LogP contribution is 2.29. The summed E-state index contributed by atoms with van der Waals surface area (Å²) in [6, 6.07) is 12.8. The summed E-state index contributed by atoms with van der Waals surface area (Å²) in [5.41, 5.74) is 1.50. The van der Waals surface area contributed by atoms with E-state index in [9.17, 15) is 13.2 Å². The molecule has 0 aromatic heterocycles. The number of carbonyl (C=O) groups excluding carboxylic acids is 1. The van der Waals surface area contributed by atoms with Gasteiger partial charge in [0.05, 0.1) is 18.2 Å². The van der Waals surface area contributed by atoms with Crippen LogP contribution in [0.3, 0.4) is 0 Å². The Morgan fingerprint density at radius 3 is 2.55 bits per heavy atom. The zero-order chi connectivity index (χ0) is 24.0. The molecule has 1 aliphatic heterocycles. The number of nitrogens with one attached hydrogen (secondary N) is 1. The molecule has 2 aromatic rings. The molecule has 9 heteroatoms. The maximum absolute atomic E-state index is 13.0. The highest BCUT2D eigenvalue weighted by atomic mass is 35.5. The Balaban J connectivity index is 1.53. The molecule has 1 atom stereocenters. The van der Waals surface area contributed by atoms with Crippen molar-refractivity contribution in [1.29, 1.82) is 0 Å². The van der Waals surface area contributed by atoms with Gasteiger partial charge in [0.1, 0.15) is 12.4 Å². The van der Waals surface area contributed by atoms with Crippen LogP contribution in [0.25, 0.3) is 0 Å². The number of ether oxygens (including phenoxy) is 1. The van der Waals surface area contributed by atoms with Crippen LogP contribution in [0.15, 0.2) is 42.5 Å². The van der Waals surface area contributed by atoms with E-state index in [1.807, 2.05) is 24.3 Å². The van der Waals surface area contributed by atoms with Gasteiger partial charge in [-0.05, 0) is 42.5 Å². The van der Waals surface area contributed by atoms with Crippen LogP contribution in [-0.2, 0) is 20.6 Å². The van der Waals surface area contributed by atoms with E-state index in [-0.39, 0.29) is 18.2 Å². The zero-order valence-electron chi connectivity index (χ0n) is 18.9. The van der Waals surface area contributed by atoms with Crippen molar-refractivity contribution in [3.8, 4) is 5.75 Å². The Morgan fingerprint density at radius 1 is 1.15 bits per heavy atom. The van der Waals surface area contributed by atoms with Crippen molar-refractivity contribution in [2.45, 2.75) is 38.4 Å². The highest BCUT2D eigenvalue weighted by molar-refractivity contribution is 7.88. The summed E-state index contributed by atoms with van der Waals surface area (Å²) < 4.78 is 33.2. The molecule has 0 aliphatic carbocycles. The number of hydrogen-bond donors (Lipinski definition) is 1. The molecule has 0 spiro atoms. The van der Waals surface area contributed by atoms with E-state index in [0.717, 1.165) is 11.3 Å². The van der Waals surface area contributed by atoms with E-state index < -0.39 is 15.9 Å². The molecule has 33 heavy (non-hydrogen) atoms.